The number of pyridine rings is 1. The van der Waals surface area contributed by atoms with Crippen molar-refractivity contribution in [2.45, 2.75) is 5.54 Å². The van der Waals surface area contributed by atoms with Gasteiger partial charge in [0, 0.05) is 18.0 Å². The van der Waals surface area contributed by atoms with Gasteiger partial charge in [-0.2, -0.15) is 0 Å². The van der Waals surface area contributed by atoms with Crippen LogP contribution in [0.2, 0.25) is 0 Å². The van der Waals surface area contributed by atoms with Gasteiger partial charge in [0.25, 0.3) is 5.91 Å². The number of rotatable bonds is 4. The van der Waals surface area contributed by atoms with Gasteiger partial charge in [0.05, 0.1) is 25.0 Å². The zero-order valence-corrected chi connectivity index (χ0v) is 16.1. The lowest BCUT2D eigenvalue weighted by Crippen LogP contribution is -2.59. The van der Waals surface area contributed by atoms with E-state index in [1.165, 1.54) is 6.07 Å². The summed E-state index contributed by atoms with van der Waals surface area (Å²) in [5.41, 5.74) is 4.88. The minimum absolute atomic E-state index is 0.0773. The van der Waals surface area contributed by atoms with Crippen LogP contribution in [0.4, 0.5) is 9.18 Å². The quantitative estimate of drug-likeness (QED) is 0.642. The van der Waals surface area contributed by atoms with E-state index in [1.54, 1.807) is 30.3 Å². The number of benzene rings is 1. The Hall–Kier alpha value is -3.11. The highest BCUT2D eigenvalue weighted by molar-refractivity contribution is 7.80. The predicted octanol–water partition coefficient (Wildman–Crippen LogP) is 1.40. The van der Waals surface area contributed by atoms with Crippen molar-refractivity contribution in [3.05, 3.63) is 65.7 Å². The number of nitrogens with two attached hydrogens (primary N) is 1. The number of carboxylic acid groups (broad SMARTS) is 1. The number of aliphatic hydroxyl groups excluding tert-OH is 1. The average molecular weight is 418 g/mol. The van der Waals surface area contributed by atoms with E-state index in [9.17, 15) is 24.2 Å². The maximum absolute atomic E-state index is 13.5. The molecule has 1 aliphatic heterocycles. The van der Waals surface area contributed by atoms with E-state index >= 15 is 0 Å². The van der Waals surface area contributed by atoms with Crippen molar-refractivity contribution in [2.75, 3.05) is 19.7 Å². The minimum Gasteiger partial charge on any atom is -0.465 e. The van der Waals surface area contributed by atoms with Crippen LogP contribution in [0.1, 0.15) is 16.1 Å². The highest BCUT2D eigenvalue weighted by atomic mass is 32.1. The molecular formula is C19H19FN4O4S. The van der Waals surface area contributed by atoms with Crippen molar-refractivity contribution in [1.29, 1.82) is 0 Å². The first-order chi connectivity index (χ1) is 13.8. The maximum Gasteiger partial charge on any atom is 0.407 e. The fourth-order valence-electron chi connectivity index (χ4n) is 3.73. The van der Waals surface area contributed by atoms with Gasteiger partial charge >= 0.3 is 6.09 Å². The highest BCUT2D eigenvalue weighted by Crippen LogP contribution is 2.42. The molecule has 0 radical (unpaired) electrons. The number of nitrogens with zero attached hydrogens (tertiary/aromatic N) is 3. The smallest absolute Gasteiger partial charge is 0.407 e. The third-order valence-corrected chi connectivity index (χ3v) is 5.24. The Morgan fingerprint density at radius 2 is 2.00 bits per heavy atom. The Labute approximate surface area is 171 Å². The molecule has 1 saturated heterocycles. The molecule has 0 aliphatic carbocycles. The van der Waals surface area contributed by atoms with E-state index in [0.29, 0.717) is 0 Å². The third kappa shape index (κ3) is 3.64. The number of hydrogen-bond donors (Lipinski definition) is 3. The zero-order valence-electron chi connectivity index (χ0n) is 15.2. The molecule has 2 amide bonds. The molecule has 1 aromatic heterocycles. The Balaban J connectivity index is 2.22. The van der Waals surface area contributed by atoms with E-state index in [4.69, 9.17) is 18.0 Å². The standard InChI is InChI=1S/C19H19FN4O4S/c20-14-6-7-15(22-8-14)19(11-23(18(27)28)9-13(19)10-25)24(17(21)29)16(26)12-4-2-1-3-5-12/h1-8,13,25H,9-11H2,(H2,21,29)(H,27,28). The van der Waals surface area contributed by atoms with Gasteiger partial charge in [-0.15, -0.1) is 0 Å². The molecule has 3 rings (SSSR count). The summed E-state index contributed by atoms with van der Waals surface area (Å²) >= 11 is 5.17. The van der Waals surface area contributed by atoms with E-state index in [-0.39, 0.29) is 29.5 Å². The Kier molecular flexibility index (Phi) is 5.76. The molecule has 0 spiro atoms. The fourth-order valence-corrected chi connectivity index (χ4v) is 3.98. The van der Waals surface area contributed by atoms with Crippen LogP contribution in [0.15, 0.2) is 48.7 Å². The van der Waals surface area contributed by atoms with Gasteiger partial charge < -0.3 is 20.8 Å². The molecule has 152 valence electrons. The average Bonchev–Trinajstić information content (AvgIpc) is 3.09. The number of aromatic nitrogens is 1. The molecule has 0 bridgehead atoms. The molecule has 8 nitrogen and oxygen atoms in total. The van der Waals surface area contributed by atoms with Gasteiger partial charge in [-0.1, -0.05) is 18.2 Å². The van der Waals surface area contributed by atoms with Gasteiger partial charge in [0.2, 0.25) is 0 Å². The van der Waals surface area contributed by atoms with Gasteiger partial charge in [0.1, 0.15) is 11.4 Å². The number of halogens is 1. The summed E-state index contributed by atoms with van der Waals surface area (Å²) in [5.74, 6) is -1.96. The second-order valence-electron chi connectivity index (χ2n) is 6.67. The summed E-state index contributed by atoms with van der Waals surface area (Å²) in [5, 5.41) is 19.3. The molecule has 2 heterocycles. The summed E-state index contributed by atoms with van der Waals surface area (Å²) < 4.78 is 13.5. The second-order valence-corrected chi connectivity index (χ2v) is 7.09. The topological polar surface area (TPSA) is 120 Å². The minimum atomic E-state index is -1.50. The van der Waals surface area contributed by atoms with Crippen molar-refractivity contribution in [3.63, 3.8) is 0 Å². The molecule has 1 aliphatic rings. The monoisotopic (exact) mass is 418 g/mol. The number of aliphatic hydroxyl groups is 1. The number of carbonyl (C=O) groups is 2. The molecule has 4 N–H and O–H groups in total. The van der Waals surface area contributed by atoms with E-state index < -0.39 is 35.9 Å². The first-order valence-electron chi connectivity index (χ1n) is 8.71. The zero-order chi connectivity index (χ0) is 21.2. The first kappa shape index (κ1) is 20.6. The van der Waals surface area contributed by atoms with Crippen LogP contribution in [0.3, 0.4) is 0 Å². The van der Waals surface area contributed by atoms with Crippen molar-refractivity contribution < 1.29 is 24.2 Å². The molecule has 0 saturated carbocycles. The lowest BCUT2D eigenvalue weighted by atomic mass is 9.81. The third-order valence-electron chi connectivity index (χ3n) is 5.05. The summed E-state index contributed by atoms with van der Waals surface area (Å²) in [6, 6.07) is 10.7. The molecule has 10 heteroatoms. The van der Waals surface area contributed by atoms with Crippen molar-refractivity contribution in [2.24, 2.45) is 11.7 Å². The molecule has 1 fully saturated rings. The predicted molar refractivity (Wildman–Crippen MR) is 105 cm³/mol. The number of amides is 2. The summed E-state index contributed by atoms with van der Waals surface area (Å²) in [7, 11) is 0. The molecular weight excluding hydrogens is 399 g/mol. The highest BCUT2D eigenvalue weighted by Gasteiger charge is 2.56. The number of thiocarbonyl (C=S) groups is 1. The summed E-state index contributed by atoms with van der Waals surface area (Å²) in [6.45, 7) is -0.780. The van der Waals surface area contributed by atoms with Crippen LogP contribution in [0.5, 0.6) is 0 Å². The van der Waals surface area contributed by atoms with E-state index in [1.807, 2.05) is 0 Å². The van der Waals surface area contributed by atoms with E-state index in [2.05, 4.69) is 4.98 Å². The van der Waals surface area contributed by atoms with Crippen LogP contribution < -0.4 is 5.73 Å². The second kappa shape index (κ2) is 8.10. The Morgan fingerprint density at radius 1 is 1.31 bits per heavy atom. The number of hydrogen-bond acceptors (Lipinski definition) is 5. The molecule has 2 atom stereocenters. The lowest BCUT2D eigenvalue weighted by Gasteiger charge is -2.42. The largest absolute Gasteiger partial charge is 0.465 e. The van der Waals surface area contributed by atoms with Crippen LogP contribution in [0, 0.1) is 11.7 Å². The van der Waals surface area contributed by atoms with Gasteiger partial charge in [-0.25, -0.2) is 9.18 Å². The van der Waals surface area contributed by atoms with Crippen LogP contribution in [-0.4, -0.2) is 61.8 Å². The molecule has 1 aromatic carbocycles. The molecule has 29 heavy (non-hydrogen) atoms. The van der Waals surface area contributed by atoms with Crippen molar-refractivity contribution in [1.82, 2.24) is 14.8 Å². The number of likely N-dealkylation sites (tertiary alicyclic amines) is 1. The lowest BCUT2D eigenvalue weighted by molar-refractivity contribution is 0.0516. The Morgan fingerprint density at radius 3 is 2.52 bits per heavy atom. The summed E-state index contributed by atoms with van der Waals surface area (Å²) in [6.07, 6.45) is -0.276. The Bertz CT molecular complexity index is 928. The van der Waals surface area contributed by atoms with Crippen molar-refractivity contribution in [3.8, 4) is 0 Å². The SMILES string of the molecule is NC(=S)N(C(=O)c1ccccc1)C1(c2ccc(F)cn2)CN(C(=O)O)CC1CO. The number of carbonyl (C=O) groups excluding carboxylic acids is 1. The molecule has 2 aromatic rings. The van der Waals surface area contributed by atoms with Crippen molar-refractivity contribution >= 4 is 29.3 Å². The van der Waals surface area contributed by atoms with Gasteiger partial charge in [0.15, 0.2) is 5.11 Å². The van der Waals surface area contributed by atoms with Crippen LogP contribution in [0.25, 0.3) is 0 Å². The van der Waals surface area contributed by atoms with Crippen LogP contribution in [-0.2, 0) is 5.54 Å². The first-order valence-corrected chi connectivity index (χ1v) is 9.12. The van der Waals surface area contributed by atoms with Crippen LogP contribution >= 0.6 is 12.2 Å². The maximum atomic E-state index is 13.5. The fraction of sp³-hybridized carbons (Fsp3) is 0.263. The van der Waals surface area contributed by atoms with E-state index in [0.717, 1.165) is 22.1 Å². The molecule has 2 unspecified atom stereocenters. The van der Waals surface area contributed by atoms with Gasteiger partial charge in [-0.05, 0) is 36.5 Å². The summed E-state index contributed by atoms with van der Waals surface area (Å²) in [4.78, 5) is 31.3. The normalized spacial score (nSPS) is 21.0. The van der Waals surface area contributed by atoms with Gasteiger partial charge in [-0.3, -0.25) is 14.7 Å².